The molecule has 2 heterocycles. The maximum absolute atomic E-state index is 12.8. The molecule has 0 amide bonds. The van der Waals surface area contributed by atoms with Gasteiger partial charge in [-0.3, -0.25) is 4.90 Å². The highest BCUT2D eigenvalue weighted by Crippen LogP contribution is 2.35. The van der Waals surface area contributed by atoms with Crippen LogP contribution in [0.3, 0.4) is 0 Å². The molecule has 0 spiro atoms. The van der Waals surface area contributed by atoms with E-state index in [2.05, 4.69) is 16.0 Å². The highest BCUT2D eigenvalue weighted by molar-refractivity contribution is 7.89. The van der Waals surface area contributed by atoms with Crippen LogP contribution in [0.15, 0.2) is 71.8 Å². The molecule has 0 radical (unpaired) electrons. The average Bonchev–Trinajstić information content (AvgIpc) is 3.03. The van der Waals surface area contributed by atoms with E-state index in [1.54, 1.807) is 31.2 Å². The molecule has 0 atom stereocenters. The fourth-order valence-electron chi connectivity index (χ4n) is 5.20. The van der Waals surface area contributed by atoms with Crippen LogP contribution in [-0.2, 0) is 21.3 Å². The number of carbonyl (C=O) groups excluding carboxylic acids is 1. The number of aryl methyl sites for hydroxylation is 2. The first-order valence-corrected chi connectivity index (χ1v) is 16.0. The molecule has 0 saturated carbocycles. The van der Waals surface area contributed by atoms with E-state index in [9.17, 15) is 13.2 Å². The number of aromatic nitrogens is 2. The van der Waals surface area contributed by atoms with Gasteiger partial charge in [-0.05, 0) is 85.0 Å². The molecule has 12 heteroatoms. The van der Waals surface area contributed by atoms with Gasteiger partial charge in [0.2, 0.25) is 21.9 Å². The number of rotatable bonds is 9. The Hall–Kier alpha value is -4.83. The number of hydrogen-bond donors (Lipinski definition) is 1. The Kier molecular flexibility index (Phi) is 9.43. The maximum atomic E-state index is 12.8. The van der Waals surface area contributed by atoms with Crippen LogP contribution in [0.5, 0.6) is 11.6 Å². The van der Waals surface area contributed by atoms with E-state index >= 15 is 0 Å². The van der Waals surface area contributed by atoms with Gasteiger partial charge in [-0.1, -0.05) is 24.3 Å². The first kappa shape index (κ1) is 31.6. The number of carbonyl (C=O) groups is 1. The Balaban J connectivity index is 1.34. The first-order valence-electron chi connectivity index (χ1n) is 14.5. The van der Waals surface area contributed by atoms with Gasteiger partial charge in [0, 0.05) is 32.7 Å². The van der Waals surface area contributed by atoms with E-state index < -0.39 is 16.0 Å². The fourth-order valence-corrected chi connectivity index (χ4v) is 5.71. The summed E-state index contributed by atoms with van der Waals surface area (Å²) in [4.78, 5) is 26.4. The minimum absolute atomic E-state index is 0.0881. The average molecular weight is 627 g/mol. The Morgan fingerprint density at radius 1 is 0.978 bits per heavy atom. The van der Waals surface area contributed by atoms with Crippen molar-refractivity contribution in [3.8, 4) is 28.8 Å². The zero-order valence-electron chi connectivity index (χ0n) is 25.4. The van der Waals surface area contributed by atoms with Crippen LogP contribution in [0.25, 0.3) is 11.1 Å². The van der Waals surface area contributed by atoms with Crippen molar-refractivity contribution >= 4 is 21.9 Å². The van der Waals surface area contributed by atoms with Crippen LogP contribution in [0.1, 0.15) is 39.5 Å². The first-order chi connectivity index (χ1) is 21.5. The highest BCUT2D eigenvalue weighted by atomic mass is 32.2. The van der Waals surface area contributed by atoms with Gasteiger partial charge in [-0.2, -0.15) is 10.2 Å². The molecule has 3 aromatic carbocycles. The number of hydrogen-bond acceptors (Lipinski definition) is 10. The summed E-state index contributed by atoms with van der Waals surface area (Å²) in [5.74, 6) is 0.579. The van der Waals surface area contributed by atoms with Gasteiger partial charge in [0.15, 0.2) is 0 Å². The number of sulfonamides is 1. The van der Waals surface area contributed by atoms with E-state index in [-0.39, 0.29) is 22.9 Å². The van der Waals surface area contributed by atoms with Gasteiger partial charge in [-0.25, -0.2) is 23.3 Å². The molecule has 1 aliphatic rings. The zero-order valence-corrected chi connectivity index (χ0v) is 26.2. The molecule has 0 bridgehead atoms. The minimum Gasteiger partial charge on any atom is -0.462 e. The van der Waals surface area contributed by atoms with Crippen molar-refractivity contribution in [3.05, 3.63) is 94.7 Å². The number of nitrogens with zero attached hydrogens (tertiary/aromatic N) is 5. The summed E-state index contributed by atoms with van der Waals surface area (Å²) in [6.45, 7) is 9.20. The molecule has 45 heavy (non-hydrogen) atoms. The van der Waals surface area contributed by atoms with Crippen LogP contribution in [0.4, 0.5) is 5.95 Å². The molecule has 1 fully saturated rings. The highest BCUT2D eigenvalue weighted by Gasteiger charge is 2.24. The smallest absolute Gasteiger partial charge is 0.345 e. The van der Waals surface area contributed by atoms with Crippen molar-refractivity contribution in [3.63, 3.8) is 0 Å². The van der Waals surface area contributed by atoms with Crippen LogP contribution in [0, 0.1) is 25.2 Å². The Bertz CT molecular complexity index is 1820. The number of primary sulfonamides is 1. The van der Waals surface area contributed by atoms with Crippen molar-refractivity contribution in [1.29, 1.82) is 5.26 Å². The number of nitrogens with two attached hydrogens (primary N) is 1. The van der Waals surface area contributed by atoms with E-state index in [0.717, 1.165) is 40.9 Å². The molecule has 1 aliphatic heterocycles. The predicted molar refractivity (Wildman–Crippen MR) is 169 cm³/mol. The van der Waals surface area contributed by atoms with Gasteiger partial charge in [0.25, 0.3) is 0 Å². The lowest BCUT2D eigenvalue weighted by Gasteiger charge is -2.34. The summed E-state index contributed by atoms with van der Waals surface area (Å²) in [5.41, 5.74) is 5.38. The van der Waals surface area contributed by atoms with Gasteiger partial charge in [-0.15, -0.1) is 0 Å². The van der Waals surface area contributed by atoms with E-state index in [4.69, 9.17) is 24.9 Å². The monoisotopic (exact) mass is 626 g/mol. The predicted octanol–water partition coefficient (Wildman–Crippen LogP) is 4.57. The summed E-state index contributed by atoms with van der Waals surface area (Å²) < 4.78 is 34.7. The summed E-state index contributed by atoms with van der Waals surface area (Å²) in [6.07, 6.45) is 1.45. The van der Waals surface area contributed by atoms with Crippen LogP contribution < -0.4 is 14.8 Å². The van der Waals surface area contributed by atoms with Crippen molar-refractivity contribution < 1.29 is 22.7 Å². The molecule has 0 unspecified atom stereocenters. The van der Waals surface area contributed by atoms with Crippen molar-refractivity contribution in [2.45, 2.75) is 32.2 Å². The molecule has 11 nitrogen and oxygen atoms in total. The Morgan fingerprint density at radius 2 is 1.62 bits per heavy atom. The second-order valence-electron chi connectivity index (χ2n) is 10.8. The third kappa shape index (κ3) is 7.46. The lowest BCUT2D eigenvalue weighted by atomic mass is 9.99. The number of nitriles is 1. The van der Waals surface area contributed by atoms with Crippen molar-refractivity contribution in [2.75, 3.05) is 37.7 Å². The topological polar surface area (TPSA) is 152 Å². The third-order valence-corrected chi connectivity index (χ3v) is 8.49. The van der Waals surface area contributed by atoms with Gasteiger partial charge >= 0.3 is 5.97 Å². The quantitative estimate of drug-likeness (QED) is 0.262. The molecule has 2 N–H and O–H groups in total. The molecule has 0 aliphatic carbocycles. The molecule has 4 aromatic rings. The van der Waals surface area contributed by atoms with Crippen LogP contribution in [-0.4, -0.2) is 62.0 Å². The standard InChI is InChI=1S/C33H34N6O5S/c1-4-43-32(40)29-20-36-33(39-15-13-38(14-16-39)21-25-7-11-28(12-8-25)45(35,41)42)37-31(29)44-30-22(2)17-27(18-23(30)3)26-9-5-24(19-34)6-10-26/h5-12,17-18,20H,4,13-16,21H2,1-3H3,(H2,35,41,42). The second kappa shape index (κ2) is 13.4. The summed E-state index contributed by atoms with van der Waals surface area (Å²) in [5, 5.41) is 14.3. The Labute approximate surface area is 262 Å². The normalized spacial score (nSPS) is 13.7. The molecule has 5 rings (SSSR count). The molecule has 232 valence electrons. The van der Waals surface area contributed by atoms with Gasteiger partial charge in [0.1, 0.15) is 11.3 Å². The summed E-state index contributed by atoms with van der Waals surface area (Å²) in [6, 6.07) is 20.1. The number of anilines is 1. The van der Waals surface area contributed by atoms with Crippen LogP contribution in [0.2, 0.25) is 0 Å². The minimum atomic E-state index is -3.73. The van der Waals surface area contributed by atoms with Gasteiger partial charge < -0.3 is 14.4 Å². The number of ether oxygens (including phenoxy) is 2. The van der Waals surface area contributed by atoms with Crippen LogP contribution >= 0.6 is 0 Å². The van der Waals surface area contributed by atoms with E-state index in [0.29, 0.717) is 36.9 Å². The summed E-state index contributed by atoms with van der Waals surface area (Å²) in [7, 11) is -3.73. The van der Waals surface area contributed by atoms with Gasteiger partial charge in [0.05, 0.1) is 29.3 Å². The second-order valence-corrected chi connectivity index (χ2v) is 12.4. The molecular weight excluding hydrogens is 592 g/mol. The number of esters is 1. The molecular formula is C33H34N6O5S. The Morgan fingerprint density at radius 3 is 2.20 bits per heavy atom. The lowest BCUT2D eigenvalue weighted by molar-refractivity contribution is 0.0522. The van der Waals surface area contributed by atoms with Crippen molar-refractivity contribution in [2.24, 2.45) is 5.14 Å². The number of piperazine rings is 1. The van der Waals surface area contributed by atoms with E-state index in [1.165, 1.54) is 18.3 Å². The van der Waals surface area contributed by atoms with E-state index in [1.807, 2.05) is 43.0 Å². The lowest BCUT2D eigenvalue weighted by Crippen LogP contribution is -2.46. The zero-order chi connectivity index (χ0) is 32.1. The molecule has 1 saturated heterocycles. The maximum Gasteiger partial charge on any atom is 0.345 e. The third-order valence-electron chi connectivity index (χ3n) is 7.56. The van der Waals surface area contributed by atoms with Crippen molar-refractivity contribution in [1.82, 2.24) is 14.9 Å². The molecule has 1 aromatic heterocycles. The largest absolute Gasteiger partial charge is 0.462 e. The number of benzene rings is 3. The fraction of sp³-hybridized carbons (Fsp3) is 0.273. The SMILES string of the molecule is CCOC(=O)c1cnc(N2CCN(Cc3ccc(S(N)(=O)=O)cc3)CC2)nc1Oc1c(C)cc(-c2ccc(C#N)cc2)cc1C. The summed E-state index contributed by atoms with van der Waals surface area (Å²) >= 11 is 0.